The summed E-state index contributed by atoms with van der Waals surface area (Å²) in [6.45, 7) is 1.94. The number of piperazine rings is 1. The van der Waals surface area contributed by atoms with Gasteiger partial charge in [0.2, 0.25) is 5.91 Å². The molecule has 0 aliphatic carbocycles. The van der Waals surface area contributed by atoms with Crippen molar-refractivity contribution in [2.24, 2.45) is 11.7 Å². The maximum Gasteiger partial charge on any atom is 0.411 e. The molecule has 3 amide bonds. The van der Waals surface area contributed by atoms with Gasteiger partial charge in [-0.3, -0.25) is 4.79 Å². The average Bonchev–Trinajstić information content (AvgIpc) is 2.92. The average molecular weight is 449 g/mol. The van der Waals surface area contributed by atoms with Crippen molar-refractivity contribution < 1.29 is 27.2 Å². The second kappa shape index (κ2) is 7.64. The molecule has 3 rings (SSSR count). The van der Waals surface area contributed by atoms with Crippen molar-refractivity contribution in [1.82, 2.24) is 15.1 Å². The molecule has 2 heterocycles. The predicted octanol–water partition coefficient (Wildman–Crippen LogP) is 2.88. The first kappa shape index (κ1) is 22.2. The molecule has 164 valence electrons. The number of amides is 3. The van der Waals surface area contributed by atoms with Crippen LogP contribution < -0.4 is 11.1 Å². The van der Waals surface area contributed by atoms with Gasteiger partial charge < -0.3 is 20.9 Å². The number of rotatable bonds is 3. The summed E-state index contributed by atoms with van der Waals surface area (Å²) in [5, 5.41) is 2.20. The number of hydrogen-bond donors (Lipinski definition) is 2. The van der Waals surface area contributed by atoms with Crippen LogP contribution in [0.25, 0.3) is 5.57 Å². The van der Waals surface area contributed by atoms with Crippen molar-refractivity contribution >= 4 is 29.1 Å². The maximum atomic E-state index is 13.7. The molecule has 2 atom stereocenters. The second-order valence-corrected chi connectivity index (χ2v) is 8.21. The number of primary amides is 1. The Kier molecular flexibility index (Phi) is 5.66. The van der Waals surface area contributed by atoms with Crippen molar-refractivity contribution in [3.05, 3.63) is 40.8 Å². The van der Waals surface area contributed by atoms with Crippen LogP contribution in [0.15, 0.2) is 29.4 Å². The van der Waals surface area contributed by atoms with E-state index in [1.165, 1.54) is 23.1 Å². The van der Waals surface area contributed by atoms with Crippen molar-refractivity contribution in [2.75, 3.05) is 19.6 Å². The Morgan fingerprint density at radius 2 is 1.90 bits per heavy atom. The Morgan fingerprint density at radius 1 is 1.23 bits per heavy atom. The summed E-state index contributed by atoms with van der Waals surface area (Å²) >= 11 is 6.48. The van der Waals surface area contributed by atoms with E-state index >= 15 is 0 Å². The highest BCUT2D eigenvalue weighted by atomic mass is 35.5. The summed E-state index contributed by atoms with van der Waals surface area (Å²) in [5.74, 6) is -2.20. The molecule has 11 heteroatoms. The molecule has 0 bridgehead atoms. The number of fused-ring (bicyclic) bond motifs is 1. The van der Waals surface area contributed by atoms with E-state index in [-0.39, 0.29) is 24.8 Å². The fraction of sp³-hybridized carbons (Fsp3) is 0.474. The van der Waals surface area contributed by atoms with Gasteiger partial charge in [-0.2, -0.15) is 13.2 Å². The largest absolute Gasteiger partial charge is 0.411 e. The highest BCUT2D eigenvalue weighted by Gasteiger charge is 2.51. The van der Waals surface area contributed by atoms with Crippen LogP contribution in [0.5, 0.6) is 0 Å². The zero-order chi connectivity index (χ0) is 22.4. The van der Waals surface area contributed by atoms with Gasteiger partial charge in [-0.15, -0.1) is 0 Å². The highest BCUT2D eigenvalue weighted by molar-refractivity contribution is 6.33. The SMILES string of the molecule is CC(C)(NC(=O)N1CCN2C(Cl)=C(c3cccc(F)c3)C(C(N)=O)C2C1)C(F)(F)F. The summed E-state index contributed by atoms with van der Waals surface area (Å²) in [5.41, 5.74) is 3.89. The Bertz CT molecular complexity index is 903. The van der Waals surface area contributed by atoms with E-state index in [0.717, 1.165) is 13.8 Å². The van der Waals surface area contributed by atoms with Gasteiger partial charge >= 0.3 is 12.2 Å². The van der Waals surface area contributed by atoms with E-state index in [1.807, 2.05) is 5.32 Å². The standard InChI is InChI=1S/C19H21ClF4N4O2/c1-18(2,19(22,23)24)26-17(30)27-6-7-28-12(9-27)14(16(25)29)13(15(28)20)10-4-3-5-11(21)8-10/h3-5,8,12,14H,6-7,9H2,1-2H3,(H2,25,29)(H,26,30). The lowest BCUT2D eigenvalue weighted by molar-refractivity contribution is -0.183. The van der Waals surface area contributed by atoms with Crippen LogP contribution in [0.2, 0.25) is 0 Å². The van der Waals surface area contributed by atoms with Crippen molar-refractivity contribution in [3.8, 4) is 0 Å². The van der Waals surface area contributed by atoms with Gasteiger partial charge in [0.05, 0.1) is 12.0 Å². The lowest BCUT2D eigenvalue weighted by atomic mass is 9.88. The van der Waals surface area contributed by atoms with Crippen LogP contribution in [-0.2, 0) is 4.79 Å². The molecule has 2 aliphatic rings. The monoisotopic (exact) mass is 448 g/mol. The number of benzene rings is 1. The number of nitrogens with two attached hydrogens (primary N) is 1. The molecular formula is C19H21ClF4N4O2. The molecule has 3 N–H and O–H groups in total. The molecule has 2 unspecified atom stereocenters. The number of hydrogen-bond acceptors (Lipinski definition) is 3. The van der Waals surface area contributed by atoms with Gasteiger partial charge in [-0.1, -0.05) is 23.7 Å². The quantitative estimate of drug-likeness (QED) is 0.551. The van der Waals surface area contributed by atoms with Crippen LogP contribution >= 0.6 is 11.6 Å². The molecule has 30 heavy (non-hydrogen) atoms. The number of alkyl halides is 3. The van der Waals surface area contributed by atoms with Gasteiger partial charge in [0.1, 0.15) is 16.5 Å². The van der Waals surface area contributed by atoms with Crippen molar-refractivity contribution in [3.63, 3.8) is 0 Å². The first-order valence-corrected chi connectivity index (χ1v) is 9.56. The molecule has 1 saturated heterocycles. The van der Waals surface area contributed by atoms with Crippen LogP contribution in [0.3, 0.4) is 0 Å². The molecule has 1 aromatic rings. The van der Waals surface area contributed by atoms with E-state index in [9.17, 15) is 27.2 Å². The zero-order valence-electron chi connectivity index (χ0n) is 16.3. The van der Waals surface area contributed by atoms with Crippen LogP contribution in [0.1, 0.15) is 19.4 Å². The summed E-state index contributed by atoms with van der Waals surface area (Å²) < 4.78 is 53.0. The number of halogens is 5. The second-order valence-electron chi connectivity index (χ2n) is 7.85. The van der Waals surface area contributed by atoms with Crippen molar-refractivity contribution in [2.45, 2.75) is 31.6 Å². The Hall–Kier alpha value is -2.49. The summed E-state index contributed by atoms with van der Waals surface area (Å²) in [6.07, 6.45) is -4.64. The third kappa shape index (κ3) is 3.92. The maximum absolute atomic E-state index is 13.7. The minimum atomic E-state index is -4.64. The number of carbonyl (C=O) groups excluding carboxylic acids is 2. The summed E-state index contributed by atoms with van der Waals surface area (Å²) in [4.78, 5) is 27.6. The number of nitrogens with one attached hydrogen (secondary N) is 1. The van der Waals surface area contributed by atoms with Gasteiger partial charge in [0.15, 0.2) is 0 Å². The Labute approximate surface area is 175 Å². The van der Waals surface area contributed by atoms with E-state index < -0.39 is 41.4 Å². The Balaban J connectivity index is 1.85. The summed E-state index contributed by atoms with van der Waals surface area (Å²) in [6, 6.07) is 3.95. The third-order valence-electron chi connectivity index (χ3n) is 5.45. The summed E-state index contributed by atoms with van der Waals surface area (Å²) in [7, 11) is 0. The molecular weight excluding hydrogens is 428 g/mol. The first-order chi connectivity index (χ1) is 13.8. The normalized spacial score (nSPS) is 22.2. The fourth-order valence-corrected chi connectivity index (χ4v) is 4.14. The smallest absolute Gasteiger partial charge is 0.369 e. The van der Waals surface area contributed by atoms with E-state index in [0.29, 0.717) is 11.1 Å². The van der Waals surface area contributed by atoms with E-state index in [4.69, 9.17) is 17.3 Å². The number of nitrogens with zero attached hydrogens (tertiary/aromatic N) is 2. The predicted molar refractivity (Wildman–Crippen MR) is 103 cm³/mol. The van der Waals surface area contributed by atoms with Crippen molar-refractivity contribution in [1.29, 1.82) is 0 Å². The molecule has 0 spiro atoms. The van der Waals surface area contributed by atoms with Crippen LogP contribution in [0.4, 0.5) is 22.4 Å². The molecule has 1 aromatic carbocycles. The molecule has 6 nitrogen and oxygen atoms in total. The van der Waals surface area contributed by atoms with Crippen LogP contribution in [-0.4, -0.2) is 59.1 Å². The molecule has 0 radical (unpaired) electrons. The first-order valence-electron chi connectivity index (χ1n) is 9.19. The van der Waals surface area contributed by atoms with Gasteiger partial charge in [-0.25, -0.2) is 9.18 Å². The van der Waals surface area contributed by atoms with Gasteiger partial charge in [0, 0.05) is 25.2 Å². The minimum absolute atomic E-state index is 0.0671. The lowest BCUT2D eigenvalue weighted by Gasteiger charge is -2.41. The molecule has 1 fully saturated rings. The number of carbonyl (C=O) groups is 2. The number of urea groups is 1. The van der Waals surface area contributed by atoms with E-state index in [1.54, 1.807) is 11.0 Å². The van der Waals surface area contributed by atoms with E-state index in [2.05, 4.69) is 0 Å². The zero-order valence-corrected chi connectivity index (χ0v) is 17.0. The minimum Gasteiger partial charge on any atom is -0.369 e. The molecule has 0 saturated carbocycles. The highest BCUT2D eigenvalue weighted by Crippen LogP contribution is 2.43. The van der Waals surface area contributed by atoms with Gasteiger partial charge in [-0.05, 0) is 31.5 Å². The van der Waals surface area contributed by atoms with Gasteiger partial charge in [0.25, 0.3) is 0 Å². The molecule has 0 aromatic heterocycles. The third-order valence-corrected chi connectivity index (χ3v) is 5.87. The topological polar surface area (TPSA) is 78.7 Å². The van der Waals surface area contributed by atoms with Crippen LogP contribution in [0, 0.1) is 11.7 Å². The fourth-order valence-electron chi connectivity index (χ4n) is 3.70. The lowest BCUT2D eigenvalue weighted by Crippen LogP contribution is -2.62. The molecule has 2 aliphatic heterocycles. The Morgan fingerprint density at radius 3 is 2.47 bits per heavy atom.